The van der Waals surface area contributed by atoms with Gasteiger partial charge in [0.2, 0.25) is 23.6 Å². The largest absolute Gasteiger partial charge is 0.445 e. The van der Waals surface area contributed by atoms with Gasteiger partial charge in [-0.25, -0.2) is 9.59 Å². The molecular weight excluding hydrogens is 1170 g/mol. The Hall–Kier alpha value is -7.49. The number of aliphatic hydroxyl groups is 1. The van der Waals surface area contributed by atoms with Gasteiger partial charge in [0.25, 0.3) is 0 Å². The van der Waals surface area contributed by atoms with Crippen molar-refractivity contribution in [3.8, 4) is 0 Å². The number of aliphatic hydroxyl groups excluding tert-OH is 1. The van der Waals surface area contributed by atoms with Gasteiger partial charge in [-0.3, -0.25) is 33.6 Å². The number of likely N-dealkylation sites (N-methyl/N-ethyl adjacent to an activating group) is 2. The van der Waals surface area contributed by atoms with Gasteiger partial charge in [-0.2, -0.15) is 0 Å². The number of ether oxygens (including phenoxy) is 3. The Balaban J connectivity index is 1.21. The standard InChI is InChI=1S/C71H104N8O13/c1-14-23-62(83)76-56(37-51-41-74-55-28-20-19-27-53(51)55)59(81)38-50(26-21-34-73-70(72)88)68(86)75-52-32-30-48(31-33-52)42-92-71(89)78(11)64(44(5)6)60(82)39-54(43(3)4)69(87)77(10)65(45(7)15-2)61(90-12)40-63(84)79-35-22-29-57(79)67(91-13)47(9)58(80)36-46(8)66(85)49-24-17-16-18-25-49/h16-20,24-25,27-28,30-33,41,43-47,50,54,56-57,61,64-67,74,85H,14-15,21-23,26,29,34-40,42H2,1-13H3,(H,75,86)(H,76,83)(H3,72,73,88)/t45-,46-,47-,50+,54-,56-,57-,61+,64-,65-,66+,67+/m0/s1. The molecule has 7 N–H and O–H groups in total. The van der Waals surface area contributed by atoms with E-state index in [1.54, 1.807) is 48.2 Å². The molecular formula is C71H104N8O13. The van der Waals surface area contributed by atoms with Crippen molar-refractivity contribution >= 4 is 69.7 Å². The molecule has 0 radical (unpaired) electrons. The Kier molecular flexibility index (Phi) is 30.0. The molecule has 4 aromatic rings. The Morgan fingerprint density at radius 2 is 1.45 bits per heavy atom. The van der Waals surface area contributed by atoms with Crippen molar-refractivity contribution in [3.05, 3.63) is 102 Å². The number of methoxy groups -OCH3 is 2. The number of Topliss-reactive ketones (excluding diaryl/α,β-unsaturated/α-hetero) is 3. The Morgan fingerprint density at radius 1 is 0.772 bits per heavy atom. The van der Waals surface area contributed by atoms with Crippen molar-refractivity contribution in [2.24, 2.45) is 47.2 Å². The normalized spacial score (nSPS) is 16.9. The van der Waals surface area contributed by atoms with Gasteiger partial charge in [-0.05, 0) is 90.7 Å². The van der Waals surface area contributed by atoms with Crippen LogP contribution in [0.4, 0.5) is 15.3 Å². The Bertz CT molecular complexity index is 3060. The molecule has 1 saturated heterocycles. The predicted molar refractivity (Wildman–Crippen MR) is 355 cm³/mol. The monoisotopic (exact) mass is 1280 g/mol. The lowest BCUT2D eigenvalue weighted by molar-refractivity contribution is -0.149. The highest BCUT2D eigenvalue weighted by atomic mass is 16.6. The summed E-state index contributed by atoms with van der Waals surface area (Å²) in [5.74, 6) is -5.25. The Morgan fingerprint density at radius 3 is 2.07 bits per heavy atom. The number of urea groups is 1. The lowest BCUT2D eigenvalue weighted by Crippen LogP contribution is -2.54. The summed E-state index contributed by atoms with van der Waals surface area (Å²) in [6.07, 6.45) is 2.23. The molecule has 21 heteroatoms. The molecule has 506 valence electrons. The van der Waals surface area contributed by atoms with Crippen LogP contribution in [-0.2, 0) is 60.8 Å². The number of amides is 7. The van der Waals surface area contributed by atoms with Gasteiger partial charge in [0, 0.05) is 114 Å². The highest BCUT2D eigenvalue weighted by Crippen LogP contribution is 2.34. The number of hydrogen-bond donors (Lipinski definition) is 6. The van der Waals surface area contributed by atoms with E-state index in [1.807, 2.05) is 123 Å². The first-order valence-corrected chi connectivity index (χ1v) is 32.9. The number of ketones is 3. The number of nitrogens with one attached hydrogen (secondary N) is 4. The molecule has 21 nitrogen and oxygen atoms in total. The number of likely N-dealkylation sites (tertiary alicyclic amines) is 1. The zero-order valence-electron chi connectivity index (χ0n) is 56.5. The molecule has 1 aliphatic heterocycles. The fraction of sp³-hybridized carbons (Fsp3) is 0.592. The molecule has 7 amide bonds. The number of nitrogens with zero attached hydrogens (tertiary/aromatic N) is 3. The van der Waals surface area contributed by atoms with Crippen LogP contribution in [0.25, 0.3) is 10.9 Å². The summed E-state index contributed by atoms with van der Waals surface area (Å²) in [5.41, 5.74) is 8.75. The van der Waals surface area contributed by atoms with Gasteiger partial charge < -0.3 is 60.7 Å². The number of aromatic nitrogens is 1. The number of carbonyl (C=O) groups is 9. The van der Waals surface area contributed by atoms with Crippen LogP contribution >= 0.6 is 0 Å². The van der Waals surface area contributed by atoms with E-state index >= 15 is 0 Å². The Labute approximate surface area is 544 Å². The van der Waals surface area contributed by atoms with Crippen molar-refractivity contribution in [3.63, 3.8) is 0 Å². The van der Waals surface area contributed by atoms with Crippen molar-refractivity contribution in [2.75, 3.05) is 46.7 Å². The second-order valence-corrected chi connectivity index (χ2v) is 25.9. The molecule has 12 atom stereocenters. The van der Waals surface area contributed by atoms with Crippen LogP contribution in [0.3, 0.4) is 0 Å². The minimum Gasteiger partial charge on any atom is -0.445 e. The quantitative estimate of drug-likeness (QED) is 0.0228. The van der Waals surface area contributed by atoms with Crippen LogP contribution in [-0.4, -0.2) is 156 Å². The summed E-state index contributed by atoms with van der Waals surface area (Å²) in [6.45, 7) is 17.4. The van der Waals surface area contributed by atoms with E-state index in [1.165, 1.54) is 19.1 Å². The van der Waals surface area contributed by atoms with Crippen molar-refractivity contribution in [1.82, 2.24) is 30.3 Å². The van der Waals surface area contributed by atoms with Gasteiger partial charge >= 0.3 is 12.1 Å². The maximum absolute atomic E-state index is 14.9. The highest BCUT2D eigenvalue weighted by Gasteiger charge is 2.44. The third kappa shape index (κ3) is 21.0. The average molecular weight is 1280 g/mol. The van der Waals surface area contributed by atoms with E-state index in [0.29, 0.717) is 49.9 Å². The summed E-state index contributed by atoms with van der Waals surface area (Å²) in [7, 11) is 6.27. The summed E-state index contributed by atoms with van der Waals surface area (Å²) >= 11 is 0. The number of H-pyrrole nitrogens is 1. The SMILES string of the molecule is CCCC(=O)N[C@@H](Cc1c[nH]c2ccccc12)C(=O)C[C@@H](CCCNC(N)=O)C(=O)Nc1ccc(COC(=O)N(C)[C@H](C(=O)C[C@H](C(=O)N(C)[C@@H]([C@@H](C)CC)[C@@H](CC(=O)N2CCC[C@H]2[C@H](OC)[C@@H](C)C(=O)C[C@H](C)[C@@H](O)c2ccccc2)OC)C(C)C)C(C)C)cc1. The number of para-hydroxylation sites is 1. The number of fused-ring (bicyclic) bond motifs is 1. The smallest absolute Gasteiger partial charge is 0.410 e. The van der Waals surface area contributed by atoms with Gasteiger partial charge in [0.05, 0.1) is 48.9 Å². The number of nitrogens with two attached hydrogens (primary N) is 1. The molecule has 1 aromatic heterocycles. The number of aromatic amines is 1. The van der Waals surface area contributed by atoms with Gasteiger partial charge in [0.15, 0.2) is 11.6 Å². The van der Waals surface area contributed by atoms with Crippen LogP contribution in [0.2, 0.25) is 0 Å². The van der Waals surface area contributed by atoms with E-state index in [9.17, 15) is 48.3 Å². The fourth-order valence-corrected chi connectivity index (χ4v) is 13.0. The van der Waals surface area contributed by atoms with Crippen LogP contribution in [0.5, 0.6) is 0 Å². The van der Waals surface area contributed by atoms with E-state index < -0.39 is 72.2 Å². The summed E-state index contributed by atoms with van der Waals surface area (Å²) < 4.78 is 17.9. The molecule has 3 aromatic carbocycles. The van der Waals surface area contributed by atoms with Gasteiger partial charge in [-0.15, -0.1) is 0 Å². The van der Waals surface area contributed by atoms with Gasteiger partial charge in [0.1, 0.15) is 12.4 Å². The van der Waals surface area contributed by atoms with E-state index in [-0.39, 0.29) is 123 Å². The predicted octanol–water partition coefficient (Wildman–Crippen LogP) is 9.73. The van der Waals surface area contributed by atoms with Crippen LogP contribution in [0.1, 0.15) is 156 Å². The van der Waals surface area contributed by atoms with Crippen molar-refractivity contribution in [2.45, 2.75) is 188 Å². The van der Waals surface area contributed by atoms with E-state index in [0.717, 1.165) is 22.0 Å². The first kappa shape index (κ1) is 75.2. The lowest BCUT2D eigenvalue weighted by Gasteiger charge is -2.41. The maximum Gasteiger partial charge on any atom is 0.410 e. The molecule has 0 unspecified atom stereocenters. The summed E-state index contributed by atoms with van der Waals surface area (Å²) in [4.78, 5) is 132. The molecule has 0 bridgehead atoms. The number of benzene rings is 3. The first-order chi connectivity index (χ1) is 43.8. The third-order valence-electron chi connectivity index (χ3n) is 18.5. The van der Waals surface area contributed by atoms with Crippen LogP contribution in [0.15, 0.2) is 85.1 Å². The molecule has 0 spiro atoms. The molecule has 2 heterocycles. The number of carbonyl (C=O) groups excluding carboxylic acids is 9. The van der Waals surface area contributed by atoms with E-state index in [2.05, 4.69) is 20.9 Å². The average Bonchev–Trinajstić information content (AvgIpc) is 1.31. The molecule has 92 heavy (non-hydrogen) atoms. The van der Waals surface area contributed by atoms with Crippen LogP contribution in [0, 0.1) is 41.4 Å². The number of hydrogen-bond acceptors (Lipinski definition) is 13. The molecule has 0 aliphatic carbocycles. The molecule has 0 saturated carbocycles. The zero-order valence-corrected chi connectivity index (χ0v) is 56.5. The van der Waals surface area contributed by atoms with Crippen LogP contribution < -0.4 is 21.7 Å². The highest BCUT2D eigenvalue weighted by molar-refractivity contribution is 5.98. The van der Waals surface area contributed by atoms with E-state index in [4.69, 9.17) is 19.9 Å². The fourth-order valence-electron chi connectivity index (χ4n) is 13.0. The lowest BCUT2D eigenvalue weighted by atomic mass is 9.83. The number of rotatable bonds is 38. The molecule has 1 aliphatic rings. The number of anilines is 1. The first-order valence-electron chi connectivity index (χ1n) is 32.9. The van der Waals surface area contributed by atoms with Crippen molar-refractivity contribution < 1.29 is 62.5 Å². The maximum atomic E-state index is 14.9. The zero-order chi connectivity index (χ0) is 67.9. The summed E-state index contributed by atoms with van der Waals surface area (Å²) in [6, 6.07) is 20.0. The second kappa shape index (κ2) is 36.7. The topological polar surface area (TPSA) is 289 Å². The minimum atomic E-state index is -0.955. The number of primary amides is 1. The van der Waals surface area contributed by atoms with Gasteiger partial charge in [-0.1, -0.05) is 129 Å². The molecule has 1 fully saturated rings. The minimum absolute atomic E-state index is 0.0470. The molecule has 5 rings (SSSR count). The second-order valence-electron chi connectivity index (χ2n) is 25.9. The van der Waals surface area contributed by atoms with Crippen molar-refractivity contribution in [1.29, 1.82) is 0 Å². The third-order valence-corrected chi connectivity index (χ3v) is 18.5. The summed E-state index contributed by atoms with van der Waals surface area (Å²) in [5, 5.41) is 20.3.